The molecule has 2 heterocycles. The van der Waals surface area contributed by atoms with Crippen LogP contribution in [0.4, 0.5) is 5.82 Å². The lowest BCUT2D eigenvalue weighted by atomic mass is 10.3. The summed E-state index contributed by atoms with van der Waals surface area (Å²) in [5.41, 5.74) is 0.184. The molecule has 6 heteroatoms. The first-order valence-electron chi connectivity index (χ1n) is 5.44. The van der Waals surface area contributed by atoms with Crippen molar-refractivity contribution in [3.8, 4) is 0 Å². The molecule has 18 heavy (non-hydrogen) atoms. The molecule has 0 amide bonds. The number of carboxylic acid groups (broad SMARTS) is 1. The number of aromatic nitrogens is 3. The minimum absolute atomic E-state index is 0.184. The summed E-state index contributed by atoms with van der Waals surface area (Å²) in [4.78, 5) is 21.0. The van der Waals surface area contributed by atoms with E-state index in [0.29, 0.717) is 12.4 Å². The maximum absolute atomic E-state index is 10.7. The van der Waals surface area contributed by atoms with E-state index in [9.17, 15) is 4.79 Å². The van der Waals surface area contributed by atoms with Gasteiger partial charge in [-0.2, -0.15) is 0 Å². The van der Waals surface area contributed by atoms with E-state index in [2.05, 4.69) is 9.97 Å². The molecule has 6 nitrogen and oxygen atoms in total. The molecule has 0 aromatic carbocycles. The maximum atomic E-state index is 10.7. The first kappa shape index (κ1) is 12.1. The van der Waals surface area contributed by atoms with Crippen molar-refractivity contribution in [2.24, 2.45) is 7.05 Å². The van der Waals surface area contributed by atoms with E-state index in [4.69, 9.17) is 5.11 Å². The SMILES string of the molecule is CN(Cc1nccn1C)c1ccc(C(=O)O)cn1. The summed E-state index contributed by atoms with van der Waals surface area (Å²) in [7, 11) is 3.81. The third-order valence-corrected chi connectivity index (χ3v) is 2.69. The average molecular weight is 246 g/mol. The van der Waals surface area contributed by atoms with Crippen molar-refractivity contribution in [3.63, 3.8) is 0 Å². The Morgan fingerprint density at radius 1 is 1.44 bits per heavy atom. The number of anilines is 1. The van der Waals surface area contributed by atoms with E-state index in [1.54, 1.807) is 18.3 Å². The van der Waals surface area contributed by atoms with Gasteiger partial charge in [0.2, 0.25) is 0 Å². The monoisotopic (exact) mass is 246 g/mol. The molecule has 0 atom stereocenters. The summed E-state index contributed by atoms with van der Waals surface area (Å²) in [6, 6.07) is 3.23. The molecule has 0 spiro atoms. The molecule has 0 aliphatic heterocycles. The molecule has 2 aromatic rings. The zero-order chi connectivity index (χ0) is 13.1. The van der Waals surface area contributed by atoms with Crippen LogP contribution >= 0.6 is 0 Å². The van der Waals surface area contributed by atoms with Crippen LogP contribution < -0.4 is 4.90 Å². The third kappa shape index (κ3) is 2.48. The third-order valence-electron chi connectivity index (χ3n) is 2.69. The molecule has 0 unspecified atom stereocenters. The molecule has 0 saturated carbocycles. The van der Waals surface area contributed by atoms with E-state index in [0.717, 1.165) is 5.82 Å². The van der Waals surface area contributed by atoms with Crippen molar-refractivity contribution >= 4 is 11.8 Å². The molecular weight excluding hydrogens is 232 g/mol. The van der Waals surface area contributed by atoms with E-state index in [-0.39, 0.29) is 5.56 Å². The van der Waals surface area contributed by atoms with Gasteiger partial charge in [0.05, 0.1) is 12.1 Å². The van der Waals surface area contributed by atoms with Gasteiger partial charge in [-0.25, -0.2) is 14.8 Å². The van der Waals surface area contributed by atoms with Crippen molar-refractivity contribution in [3.05, 3.63) is 42.1 Å². The quantitative estimate of drug-likeness (QED) is 0.876. The predicted molar refractivity (Wildman–Crippen MR) is 66.5 cm³/mol. The predicted octanol–water partition coefficient (Wildman–Crippen LogP) is 1.15. The van der Waals surface area contributed by atoms with Crippen LogP contribution in [0.2, 0.25) is 0 Å². The second-order valence-corrected chi connectivity index (χ2v) is 4.02. The van der Waals surface area contributed by atoms with E-state index >= 15 is 0 Å². The number of hydrogen-bond acceptors (Lipinski definition) is 4. The highest BCUT2D eigenvalue weighted by atomic mass is 16.4. The van der Waals surface area contributed by atoms with E-state index < -0.39 is 5.97 Å². The number of nitrogens with zero attached hydrogens (tertiary/aromatic N) is 4. The molecule has 2 aromatic heterocycles. The van der Waals surface area contributed by atoms with Crippen LogP contribution in [-0.2, 0) is 13.6 Å². The van der Waals surface area contributed by atoms with Crippen molar-refractivity contribution in [2.75, 3.05) is 11.9 Å². The lowest BCUT2D eigenvalue weighted by Gasteiger charge is -2.17. The Bertz CT molecular complexity index is 547. The van der Waals surface area contributed by atoms with Crippen molar-refractivity contribution in [2.45, 2.75) is 6.54 Å². The normalized spacial score (nSPS) is 10.3. The number of carbonyl (C=O) groups is 1. The average Bonchev–Trinajstić information content (AvgIpc) is 2.75. The molecule has 0 fully saturated rings. The summed E-state index contributed by atoms with van der Waals surface area (Å²) in [5.74, 6) is 0.658. The number of aryl methyl sites for hydroxylation is 1. The number of rotatable bonds is 4. The molecule has 0 aliphatic rings. The second kappa shape index (κ2) is 4.87. The number of aromatic carboxylic acids is 1. The zero-order valence-electron chi connectivity index (χ0n) is 10.2. The molecule has 0 saturated heterocycles. The van der Waals surface area contributed by atoms with Crippen LogP contribution in [0.3, 0.4) is 0 Å². The Hall–Kier alpha value is -2.37. The van der Waals surface area contributed by atoms with Gasteiger partial charge in [0.15, 0.2) is 0 Å². The van der Waals surface area contributed by atoms with Gasteiger partial charge in [-0.1, -0.05) is 0 Å². The standard InChI is InChI=1S/C12H14N4O2/c1-15-6-5-13-11(15)8-16(2)10-4-3-9(7-14-10)12(17)18/h3-7H,8H2,1-2H3,(H,17,18). The van der Waals surface area contributed by atoms with E-state index in [1.807, 2.05) is 29.8 Å². The smallest absolute Gasteiger partial charge is 0.337 e. The fraction of sp³-hybridized carbons (Fsp3) is 0.250. The molecule has 2 rings (SSSR count). The Morgan fingerprint density at radius 3 is 2.72 bits per heavy atom. The van der Waals surface area contributed by atoms with Gasteiger partial charge in [-0.15, -0.1) is 0 Å². The molecule has 0 bridgehead atoms. The van der Waals surface area contributed by atoms with Crippen molar-refractivity contribution in [1.82, 2.24) is 14.5 Å². The molecular formula is C12H14N4O2. The molecule has 1 N–H and O–H groups in total. The minimum Gasteiger partial charge on any atom is -0.478 e. The topological polar surface area (TPSA) is 71.2 Å². The fourth-order valence-corrected chi connectivity index (χ4v) is 1.58. The summed E-state index contributed by atoms with van der Waals surface area (Å²) in [5, 5.41) is 8.79. The van der Waals surface area contributed by atoms with Gasteiger partial charge in [-0.3, -0.25) is 0 Å². The van der Waals surface area contributed by atoms with Crippen molar-refractivity contribution in [1.29, 1.82) is 0 Å². The zero-order valence-corrected chi connectivity index (χ0v) is 10.2. The van der Waals surface area contributed by atoms with E-state index in [1.165, 1.54) is 6.20 Å². The number of imidazole rings is 1. The number of pyridine rings is 1. The summed E-state index contributed by atoms with van der Waals surface area (Å²) in [6.07, 6.45) is 4.97. The highest BCUT2D eigenvalue weighted by Gasteiger charge is 2.08. The molecule has 0 aliphatic carbocycles. The van der Waals surface area contributed by atoms with Crippen LogP contribution in [0.15, 0.2) is 30.7 Å². The Morgan fingerprint density at radius 2 is 2.22 bits per heavy atom. The van der Waals surface area contributed by atoms with Gasteiger partial charge >= 0.3 is 5.97 Å². The van der Waals surface area contributed by atoms with Gasteiger partial charge in [0.25, 0.3) is 0 Å². The molecule has 0 radical (unpaired) electrons. The Labute approximate surface area is 105 Å². The lowest BCUT2D eigenvalue weighted by Crippen LogP contribution is -2.20. The second-order valence-electron chi connectivity index (χ2n) is 4.02. The van der Waals surface area contributed by atoms with Crippen molar-refractivity contribution < 1.29 is 9.90 Å². The fourth-order valence-electron chi connectivity index (χ4n) is 1.58. The van der Waals surface area contributed by atoms with Gasteiger partial charge in [0, 0.05) is 32.7 Å². The van der Waals surface area contributed by atoms with Crippen LogP contribution in [0.1, 0.15) is 16.2 Å². The van der Waals surface area contributed by atoms with Crippen LogP contribution in [0.5, 0.6) is 0 Å². The number of carboxylic acids is 1. The van der Waals surface area contributed by atoms with Crippen LogP contribution in [-0.4, -0.2) is 32.7 Å². The van der Waals surface area contributed by atoms with Gasteiger partial charge < -0.3 is 14.6 Å². The summed E-state index contributed by atoms with van der Waals surface area (Å²) >= 11 is 0. The Kier molecular flexibility index (Phi) is 3.27. The number of hydrogen-bond donors (Lipinski definition) is 1. The van der Waals surface area contributed by atoms with Gasteiger partial charge in [-0.05, 0) is 12.1 Å². The summed E-state index contributed by atoms with van der Waals surface area (Å²) < 4.78 is 1.93. The van der Waals surface area contributed by atoms with Crippen LogP contribution in [0.25, 0.3) is 0 Å². The van der Waals surface area contributed by atoms with Gasteiger partial charge in [0.1, 0.15) is 11.6 Å². The first-order valence-corrected chi connectivity index (χ1v) is 5.44. The molecule has 94 valence electrons. The summed E-state index contributed by atoms with van der Waals surface area (Å²) in [6.45, 7) is 0.614. The maximum Gasteiger partial charge on any atom is 0.337 e. The first-order chi connectivity index (χ1) is 8.58. The highest BCUT2D eigenvalue weighted by Crippen LogP contribution is 2.12. The largest absolute Gasteiger partial charge is 0.478 e. The minimum atomic E-state index is -0.971. The highest BCUT2D eigenvalue weighted by molar-refractivity contribution is 5.87. The Balaban J connectivity index is 2.12. The lowest BCUT2D eigenvalue weighted by molar-refractivity contribution is 0.0696. The van der Waals surface area contributed by atoms with Crippen LogP contribution in [0, 0.1) is 0 Å².